The van der Waals surface area contributed by atoms with E-state index in [0.29, 0.717) is 12.1 Å². The van der Waals surface area contributed by atoms with E-state index in [2.05, 4.69) is 15.5 Å². The molecule has 0 aromatic heterocycles. The van der Waals surface area contributed by atoms with Crippen molar-refractivity contribution in [3.8, 4) is 0 Å². The molecule has 1 aromatic rings. The molecule has 7 heteroatoms. The molecule has 0 radical (unpaired) electrons. The van der Waals surface area contributed by atoms with E-state index in [-0.39, 0.29) is 18.1 Å². The molecule has 0 saturated carbocycles. The monoisotopic (exact) mass is 278 g/mol. The van der Waals surface area contributed by atoms with Gasteiger partial charge in [0, 0.05) is 44.4 Å². The quantitative estimate of drug-likeness (QED) is 0.590. The number of carbonyl (C=O) groups excluding carboxylic acids is 1. The van der Waals surface area contributed by atoms with E-state index in [0.717, 1.165) is 26.2 Å². The van der Waals surface area contributed by atoms with Crippen LogP contribution in [0.5, 0.6) is 0 Å². The van der Waals surface area contributed by atoms with Crippen molar-refractivity contribution in [2.24, 2.45) is 0 Å². The van der Waals surface area contributed by atoms with Gasteiger partial charge in [-0.2, -0.15) is 0 Å². The van der Waals surface area contributed by atoms with Crippen LogP contribution in [0.1, 0.15) is 5.56 Å². The van der Waals surface area contributed by atoms with E-state index < -0.39 is 4.92 Å². The second-order valence-electron chi connectivity index (χ2n) is 4.69. The Morgan fingerprint density at radius 3 is 2.75 bits per heavy atom. The summed E-state index contributed by atoms with van der Waals surface area (Å²) in [5, 5.41) is 16.8. The molecule has 20 heavy (non-hydrogen) atoms. The molecule has 0 aliphatic carbocycles. The minimum absolute atomic E-state index is 0.0370. The number of nitrogens with one attached hydrogen (secondary N) is 2. The lowest BCUT2D eigenvalue weighted by Crippen LogP contribution is -2.47. The average molecular weight is 278 g/mol. The Hall–Kier alpha value is -1.99. The summed E-state index contributed by atoms with van der Waals surface area (Å²) in [6, 6.07) is 6.44. The van der Waals surface area contributed by atoms with Gasteiger partial charge >= 0.3 is 0 Å². The summed E-state index contributed by atoms with van der Waals surface area (Å²) >= 11 is 0. The van der Waals surface area contributed by atoms with Crippen LogP contribution in [0.4, 0.5) is 5.69 Å². The molecule has 0 bridgehead atoms. The van der Waals surface area contributed by atoms with Crippen LogP contribution in [0.15, 0.2) is 24.3 Å². The van der Waals surface area contributed by atoms with Gasteiger partial charge in [0.15, 0.2) is 0 Å². The van der Waals surface area contributed by atoms with Gasteiger partial charge in [0.1, 0.15) is 0 Å². The van der Waals surface area contributed by atoms with Crippen LogP contribution >= 0.6 is 0 Å². The molecule has 108 valence electrons. The molecular formula is C13H18N4O3. The number of hydrogen-bond acceptors (Lipinski definition) is 5. The standard InChI is InChI=1S/C13H18N4O3/c18-13(10-16-7-5-14-6-8-16)15-9-11-3-1-2-4-12(11)17(19)20/h1-4,14H,5-10H2,(H,15,18). The predicted molar refractivity (Wildman–Crippen MR) is 74.3 cm³/mol. The highest BCUT2D eigenvalue weighted by atomic mass is 16.6. The number of nitro benzene ring substituents is 1. The molecule has 1 aliphatic heterocycles. The first-order valence-corrected chi connectivity index (χ1v) is 6.59. The number of rotatable bonds is 5. The van der Waals surface area contributed by atoms with Crippen LogP contribution in [-0.2, 0) is 11.3 Å². The highest BCUT2D eigenvalue weighted by Gasteiger charge is 2.15. The lowest BCUT2D eigenvalue weighted by atomic mass is 10.2. The fraction of sp³-hybridized carbons (Fsp3) is 0.462. The zero-order chi connectivity index (χ0) is 14.4. The Balaban J connectivity index is 1.85. The fourth-order valence-electron chi connectivity index (χ4n) is 2.16. The maximum Gasteiger partial charge on any atom is 0.274 e. The summed E-state index contributed by atoms with van der Waals surface area (Å²) in [6.45, 7) is 3.98. The number of amides is 1. The van der Waals surface area contributed by atoms with Gasteiger partial charge in [-0.15, -0.1) is 0 Å². The molecule has 1 saturated heterocycles. The summed E-state index contributed by atoms with van der Waals surface area (Å²) in [4.78, 5) is 24.3. The minimum Gasteiger partial charge on any atom is -0.351 e. The number of piperazine rings is 1. The molecule has 7 nitrogen and oxygen atoms in total. The van der Waals surface area contributed by atoms with Gasteiger partial charge in [-0.3, -0.25) is 19.8 Å². The van der Waals surface area contributed by atoms with Crippen molar-refractivity contribution in [1.82, 2.24) is 15.5 Å². The highest BCUT2D eigenvalue weighted by molar-refractivity contribution is 5.78. The molecular weight excluding hydrogens is 260 g/mol. The topological polar surface area (TPSA) is 87.5 Å². The molecule has 1 aromatic carbocycles. The van der Waals surface area contributed by atoms with Crippen LogP contribution in [0.2, 0.25) is 0 Å². The van der Waals surface area contributed by atoms with Crippen molar-refractivity contribution in [3.63, 3.8) is 0 Å². The lowest BCUT2D eigenvalue weighted by molar-refractivity contribution is -0.385. The normalized spacial score (nSPS) is 15.8. The average Bonchev–Trinajstić information content (AvgIpc) is 2.46. The van der Waals surface area contributed by atoms with Gasteiger partial charge in [-0.1, -0.05) is 18.2 Å². The zero-order valence-corrected chi connectivity index (χ0v) is 11.2. The van der Waals surface area contributed by atoms with Gasteiger partial charge in [-0.25, -0.2) is 0 Å². The molecule has 2 N–H and O–H groups in total. The van der Waals surface area contributed by atoms with E-state index in [1.54, 1.807) is 18.2 Å². The number of nitrogens with zero attached hydrogens (tertiary/aromatic N) is 2. The Bertz CT molecular complexity index is 486. The Morgan fingerprint density at radius 1 is 1.35 bits per heavy atom. The van der Waals surface area contributed by atoms with Crippen LogP contribution < -0.4 is 10.6 Å². The van der Waals surface area contributed by atoms with Crippen molar-refractivity contribution in [2.45, 2.75) is 6.54 Å². The first-order valence-electron chi connectivity index (χ1n) is 6.59. The van der Waals surface area contributed by atoms with Crippen molar-refractivity contribution in [3.05, 3.63) is 39.9 Å². The molecule has 2 rings (SSSR count). The number of nitro groups is 1. The summed E-state index contributed by atoms with van der Waals surface area (Å²) in [7, 11) is 0. The van der Waals surface area contributed by atoms with Crippen molar-refractivity contribution < 1.29 is 9.72 Å². The zero-order valence-electron chi connectivity index (χ0n) is 11.2. The highest BCUT2D eigenvalue weighted by Crippen LogP contribution is 2.16. The van der Waals surface area contributed by atoms with E-state index >= 15 is 0 Å². The maximum atomic E-state index is 11.8. The maximum absolute atomic E-state index is 11.8. The molecule has 1 fully saturated rings. The third-order valence-electron chi connectivity index (χ3n) is 3.24. The number of hydrogen-bond donors (Lipinski definition) is 2. The smallest absolute Gasteiger partial charge is 0.274 e. The summed E-state index contributed by atoms with van der Waals surface area (Å²) in [5.41, 5.74) is 0.557. The third kappa shape index (κ3) is 4.01. The van der Waals surface area contributed by atoms with E-state index in [1.807, 2.05) is 0 Å². The molecule has 1 amide bonds. The number of benzene rings is 1. The van der Waals surface area contributed by atoms with E-state index in [9.17, 15) is 14.9 Å². The van der Waals surface area contributed by atoms with Crippen molar-refractivity contribution in [2.75, 3.05) is 32.7 Å². The van der Waals surface area contributed by atoms with Crippen LogP contribution in [0.25, 0.3) is 0 Å². The molecule has 0 spiro atoms. The first kappa shape index (κ1) is 14.4. The second-order valence-corrected chi connectivity index (χ2v) is 4.69. The predicted octanol–water partition coefficient (Wildman–Crippen LogP) is 0.116. The SMILES string of the molecule is O=C(CN1CCNCC1)NCc1ccccc1[N+](=O)[O-]. The van der Waals surface area contributed by atoms with Gasteiger partial charge in [0.05, 0.1) is 11.5 Å². The van der Waals surface area contributed by atoms with Crippen LogP contribution in [-0.4, -0.2) is 48.5 Å². The Morgan fingerprint density at radius 2 is 2.05 bits per heavy atom. The lowest BCUT2D eigenvalue weighted by Gasteiger charge is -2.26. The fourth-order valence-corrected chi connectivity index (χ4v) is 2.16. The van der Waals surface area contributed by atoms with Gasteiger partial charge in [-0.05, 0) is 0 Å². The van der Waals surface area contributed by atoms with Crippen molar-refractivity contribution >= 4 is 11.6 Å². The third-order valence-corrected chi connectivity index (χ3v) is 3.24. The number of carbonyl (C=O) groups is 1. The van der Waals surface area contributed by atoms with Gasteiger partial charge in [0.25, 0.3) is 5.69 Å². The molecule has 0 unspecified atom stereocenters. The minimum atomic E-state index is -0.433. The Labute approximate surface area is 117 Å². The van der Waals surface area contributed by atoms with Crippen LogP contribution in [0, 0.1) is 10.1 Å². The van der Waals surface area contributed by atoms with Crippen molar-refractivity contribution in [1.29, 1.82) is 0 Å². The molecule has 1 aliphatic rings. The second kappa shape index (κ2) is 6.97. The first-order chi connectivity index (χ1) is 9.66. The number of para-hydroxylation sites is 1. The van der Waals surface area contributed by atoms with Gasteiger partial charge < -0.3 is 10.6 Å². The summed E-state index contributed by atoms with van der Waals surface area (Å²) in [6.07, 6.45) is 0. The van der Waals surface area contributed by atoms with E-state index in [1.165, 1.54) is 6.07 Å². The van der Waals surface area contributed by atoms with Crippen LogP contribution in [0.3, 0.4) is 0 Å². The molecule has 0 atom stereocenters. The largest absolute Gasteiger partial charge is 0.351 e. The summed E-state index contributed by atoms with van der Waals surface area (Å²) < 4.78 is 0. The Kier molecular flexibility index (Phi) is 5.03. The van der Waals surface area contributed by atoms with E-state index in [4.69, 9.17) is 0 Å². The summed E-state index contributed by atoms with van der Waals surface area (Å²) in [5.74, 6) is -0.106. The molecule has 1 heterocycles. The van der Waals surface area contributed by atoms with Gasteiger partial charge in [0.2, 0.25) is 5.91 Å².